The summed E-state index contributed by atoms with van der Waals surface area (Å²) in [6.45, 7) is 15.1. The van der Waals surface area contributed by atoms with E-state index in [1.54, 1.807) is 11.0 Å². The SMILES string of the molecule is [C-]#[N+]c1c(C)ccc([C@@H]2CN3CCN(C(=O)Cc4ccc(-n5cnnn5)cc4)C[C@H]3CO2)c1C. The molecule has 0 N–H and O–H groups in total. The largest absolute Gasteiger partial charge is 0.371 e. The zero-order chi connectivity index (χ0) is 23.7. The first-order valence-corrected chi connectivity index (χ1v) is 11.5. The van der Waals surface area contributed by atoms with E-state index < -0.39 is 0 Å². The molecule has 174 valence electrons. The summed E-state index contributed by atoms with van der Waals surface area (Å²) in [5, 5.41) is 11.2. The molecule has 0 unspecified atom stereocenters. The van der Waals surface area contributed by atoms with Gasteiger partial charge in [0.05, 0.1) is 37.4 Å². The van der Waals surface area contributed by atoms with Crippen LogP contribution in [0.4, 0.5) is 5.69 Å². The molecule has 2 aliphatic heterocycles. The molecule has 9 heteroatoms. The molecule has 1 amide bonds. The lowest BCUT2D eigenvalue weighted by molar-refractivity contribution is -0.139. The van der Waals surface area contributed by atoms with Crippen LogP contribution in [0.2, 0.25) is 0 Å². The van der Waals surface area contributed by atoms with E-state index in [0.717, 1.165) is 46.7 Å². The van der Waals surface area contributed by atoms with Crippen molar-refractivity contribution in [2.75, 3.05) is 32.8 Å². The topological polar surface area (TPSA) is 80.7 Å². The average Bonchev–Trinajstić information content (AvgIpc) is 3.39. The predicted octanol–water partition coefficient (Wildman–Crippen LogP) is 2.66. The molecule has 0 radical (unpaired) electrons. The van der Waals surface area contributed by atoms with Gasteiger partial charge in [-0.25, -0.2) is 9.53 Å². The third kappa shape index (κ3) is 4.30. The first-order chi connectivity index (χ1) is 16.5. The monoisotopic (exact) mass is 457 g/mol. The summed E-state index contributed by atoms with van der Waals surface area (Å²) >= 11 is 0. The van der Waals surface area contributed by atoms with Crippen molar-refractivity contribution in [2.45, 2.75) is 32.4 Å². The Morgan fingerprint density at radius 2 is 1.97 bits per heavy atom. The van der Waals surface area contributed by atoms with E-state index in [4.69, 9.17) is 11.3 Å². The molecule has 3 aromatic rings. The lowest BCUT2D eigenvalue weighted by Gasteiger charge is -2.46. The molecule has 2 fully saturated rings. The quantitative estimate of drug-likeness (QED) is 0.561. The van der Waals surface area contributed by atoms with Gasteiger partial charge in [0.25, 0.3) is 0 Å². The number of piperazine rings is 1. The van der Waals surface area contributed by atoms with E-state index in [1.807, 2.05) is 49.1 Å². The number of hydrogen-bond donors (Lipinski definition) is 0. The molecule has 0 aliphatic carbocycles. The number of carbonyl (C=O) groups excluding carboxylic acids is 1. The second-order valence-electron chi connectivity index (χ2n) is 8.97. The number of aromatic nitrogens is 4. The average molecular weight is 458 g/mol. The van der Waals surface area contributed by atoms with E-state index in [-0.39, 0.29) is 18.1 Å². The standard InChI is InChI=1S/C25H27N7O2/c1-17-4-9-22(18(2)25(17)26-3)23-14-30-10-11-31(13-21(30)15-34-23)24(33)12-19-5-7-20(8-6-19)32-16-27-28-29-32/h4-9,16,21,23H,10-15H2,1-2H3/t21-,23-/m0/s1. The van der Waals surface area contributed by atoms with Gasteiger partial charge < -0.3 is 9.64 Å². The highest BCUT2D eigenvalue weighted by Gasteiger charge is 2.36. The number of amides is 1. The number of carbonyl (C=O) groups is 1. The third-order valence-electron chi connectivity index (χ3n) is 6.89. The molecule has 2 aliphatic rings. The van der Waals surface area contributed by atoms with Crippen LogP contribution < -0.4 is 0 Å². The Bertz CT molecular complexity index is 1220. The van der Waals surface area contributed by atoms with Crippen LogP contribution in [-0.4, -0.2) is 74.7 Å². The maximum absolute atomic E-state index is 13.0. The Morgan fingerprint density at radius 3 is 2.71 bits per heavy atom. The molecule has 0 saturated carbocycles. The van der Waals surface area contributed by atoms with Gasteiger partial charge >= 0.3 is 0 Å². The van der Waals surface area contributed by atoms with Gasteiger partial charge in [-0.15, -0.1) is 5.10 Å². The highest BCUT2D eigenvalue weighted by Crippen LogP contribution is 2.34. The van der Waals surface area contributed by atoms with Crippen molar-refractivity contribution in [1.82, 2.24) is 30.0 Å². The number of tetrazole rings is 1. The first-order valence-electron chi connectivity index (χ1n) is 11.5. The van der Waals surface area contributed by atoms with Gasteiger partial charge in [-0.05, 0) is 58.7 Å². The van der Waals surface area contributed by atoms with E-state index in [0.29, 0.717) is 26.1 Å². The Hall–Kier alpha value is -3.61. The molecule has 34 heavy (non-hydrogen) atoms. The van der Waals surface area contributed by atoms with Crippen LogP contribution in [-0.2, 0) is 16.0 Å². The number of fused-ring (bicyclic) bond motifs is 1. The minimum atomic E-state index is -0.0432. The fraction of sp³-hybridized carbons (Fsp3) is 0.400. The van der Waals surface area contributed by atoms with E-state index in [1.165, 1.54) is 0 Å². The summed E-state index contributed by atoms with van der Waals surface area (Å²) in [5.74, 6) is 0.132. The molecule has 2 aromatic carbocycles. The van der Waals surface area contributed by atoms with Gasteiger partial charge in [-0.3, -0.25) is 9.69 Å². The van der Waals surface area contributed by atoms with Crippen molar-refractivity contribution < 1.29 is 9.53 Å². The number of nitrogens with zero attached hydrogens (tertiary/aromatic N) is 7. The summed E-state index contributed by atoms with van der Waals surface area (Å²) in [6.07, 6.45) is 1.87. The molecule has 2 saturated heterocycles. The Kier molecular flexibility index (Phi) is 6.09. The van der Waals surface area contributed by atoms with E-state index >= 15 is 0 Å². The number of ether oxygens (including phenoxy) is 1. The fourth-order valence-corrected chi connectivity index (χ4v) is 4.90. The second kappa shape index (κ2) is 9.33. The lowest BCUT2D eigenvalue weighted by Crippen LogP contribution is -2.59. The molecule has 1 aromatic heterocycles. The number of hydrogen-bond acceptors (Lipinski definition) is 6. The Morgan fingerprint density at radius 1 is 1.15 bits per heavy atom. The summed E-state index contributed by atoms with van der Waals surface area (Å²) in [6, 6.07) is 12.0. The minimum absolute atomic E-state index is 0.0432. The van der Waals surface area contributed by atoms with Crippen LogP contribution in [0.15, 0.2) is 42.7 Å². The van der Waals surface area contributed by atoms with E-state index in [2.05, 4.69) is 31.3 Å². The normalized spacial score (nSPS) is 20.6. The van der Waals surface area contributed by atoms with Crippen LogP contribution in [0.1, 0.15) is 28.4 Å². The highest BCUT2D eigenvalue weighted by molar-refractivity contribution is 5.79. The summed E-state index contributed by atoms with van der Waals surface area (Å²) in [4.78, 5) is 21.1. The molecule has 0 bridgehead atoms. The number of benzene rings is 2. The van der Waals surface area contributed by atoms with Crippen molar-refractivity contribution >= 4 is 11.6 Å². The van der Waals surface area contributed by atoms with Crippen LogP contribution in [0.5, 0.6) is 0 Å². The second-order valence-corrected chi connectivity index (χ2v) is 8.97. The number of rotatable bonds is 4. The van der Waals surface area contributed by atoms with Crippen molar-refractivity contribution in [3.8, 4) is 5.69 Å². The van der Waals surface area contributed by atoms with Gasteiger partial charge in [-0.1, -0.05) is 24.3 Å². The van der Waals surface area contributed by atoms with Crippen LogP contribution >= 0.6 is 0 Å². The molecular weight excluding hydrogens is 430 g/mol. The predicted molar refractivity (Wildman–Crippen MR) is 126 cm³/mol. The van der Waals surface area contributed by atoms with Crippen molar-refractivity contribution in [3.05, 3.63) is 76.4 Å². The first kappa shape index (κ1) is 22.2. The van der Waals surface area contributed by atoms with Crippen molar-refractivity contribution in [2.24, 2.45) is 0 Å². The molecular formula is C25H27N7O2. The Balaban J connectivity index is 1.19. The molecule has 3 heterocycles. The van der Waals surface area contributed by atoms with Crippen LogP contribution in [0.25, 0.3) is 10.5 Å². The smallest absolute Gasteiger partial charge is 0.227 e. The summed E-state index contributed by atoms with van der Waals surface area (Å²) in [5.41, 5.74) is 5.66. The van der Waals surface area contributed by atoms with Gasteiger partial charge in [-0.2, -0.15) is 0 Å². The molecule has 5 rings (SSSR count). The lowest BCUT2D eigenvalue weighted by atomic mass is 9.96. The zero-order valence-corrected chi connectivity index (χ0v) is 19.4. The molecule has 2 atom stereocenters. The number of morpholine rings is 1. The van der Waals surface area contributed by atoms with Gasteiger partial charge in [0.15, 0.2) is 5.69 Å². The van der Waals surface area contributed by atoms with Gasteiger partial charge in [0, 0.05) is 26.2 Å². The fourth-order valence-electron chi connectivity index (χ4n) is 4.90. The van der Waals surface area contributed by atoms with Gasteiger partial charge in [0.1, 0.15) is 6.33 Å². The van der Waals surface area contributed by atoms with E-state index in [9.17, 15) is 4.79 Å². The summed E-state index contributed by atoms with van der Waals surface area (Å²) < 4.78 is 7.83. The Labute approximate surface area is 198 Å². The summed E-state index contributed by atoms with van der Waals surface area (Å²) in [7, 11) is 0. The van der Waals surface area contributed by atoms with Crippen LogP contribution in [0, 0.1) is 20.4 Å². The molecule has 0 spiro atoms. The zero-order valence-electron chi connectivity index (χ0n) is 19.4. The molecule has 9 nitrogen and oxygen atoms in total. The highest BCUT2D eigenvalue weighted by atomic mass is 16.5. The maximum atomic E-state index is 13.0. The third-order valence-corrected chi connectivity index (χ3v) is 6.89. The van der Waals surface area contributed by atoms with Crippen molar-refractivity contribution in [3.63, 3.8) is 0 Å². The van der Waals surface area contributed by atoms with Gasteiger partial charge in [0.2, 0.25) is 5.91 Å². The van der Waals surface area contributed by atoms with Crippen molar-refractivity contribution in [1.29, 1.82) is 0 Å². The maximum Gasteiger partial charge on any atom is 0.227 e. The van der Waals surface area contributed by atoms with Crippen LogP contribution in [0.3, 0.4) is 0 Å². The number of aryl methyl sites for hydroxylation is 1. The minimum Gasteiger partial charge on any atom is -0.371 e.